The summed E-state index contributed by atoms with van der Waals surface area (Å²) in [5, 5.41) is 0. The van der Waals surface area contributed by atoms with E-state index in [9.17, 15) is 9.59 Å². The van der Waals surface area contributed by atoms with Crippen molar-refractivity contribution in [1.82, 2.24) is 9.80 Å². The van der Waals surface area contributed by atoms with E-state index in [1.54, 1.807) is 0 Å². The molecule has 136 valence electrons. The van der Waals surface area contributed by atoms with Crippen LogP contribution in [-0.4, -0.2) is 47.8 Å². The highest BCUT2D eigenvalue weighted by atomic mass is 16.2. The van der Waals surface area contributed by atoms with Crippen LogP contribution >= 0.6 is 0 Å². The van der Waals surface area contributed by atoms with Gasteiger partial charge in [-0.05, 0) is 51.0 Å². The Balaban J connectivity index is 1.67. The second kappa shape index (κ2) is 7.32. The van der Waals surface area contributed by atoms with Gasteiger partial charge in [-0.15, -0.1) is 0 Å². The lowest BCUT2D eigenvalue weighted by molar-refractivity contribution is 0.0534. The van der Waals surface area contributed by atoms with Gasteiger partial charge in [-0.2, -0.15) is 0 Å². The van der Waals surface area contributed by atoms with Crippen LogP contribution in [0.5, 0.6) is 0 Å². The van der Waals surface area contributed by atoms with Crippen LogP contribution in [0.25, 0.3) is 0 Å². The van der Waals surface area contributed by atoms with Crippen LogP contribution in [-0.2, 0) is 0 Å². The molecule has 26 heavy (non-hydrogen) atoms. The molecule has 1 heterocycles. The zero-order chi connectivity index (χ0) is 18.8. The fraction of sp³-hybridized carbons (Fsp3) is 0.364. The molecule has 2 amide bonds. The lowest BCUT2D eigenvalue weighted by Crippen LogP contribution is -2.50. The molecule has 2 aromatic carbocycles. The molecule has 0 aliphatic carbocycles. The fourth-order valence-corrected chi connectivity index (χ4v) is 3.56. The Labute approximate surface area is 155 Å². The van der Waals surface area contributed by atoms with Gasteiger partial charge in [0.15, 0.2) is 0 Å². The van der Waals surface area contributed by atoms with E-state index in [2.05, 4.69) is 0 Å². The van der Waals surface area contributed by atoms with E-state index < -0.39 is 0 Å². The molecule has 4 heteroatoms. The van der Waals surface area contributed by atoms with Gasteiger partial charge in [0, 0.05) is 37.3 Å². The fourth-order valence-electron chi connectivity index (χ4n) is 3.56. The zero-order valence-corrected chi connectivity index (χ0v) is 16.0. The number of amides is 2. The van der Waals surface area contributed by atoms with Crippen molar-refractivity contribution in [1.29, 1.82) is 0 Å². The Kier molecular flexibility index (Phi) is 5.12. The Morgan fingerprint density at radius 2 is 1.00 bits per heavy atom. The second-order valence-corrected chi connectivity index (χ2v) is 7.22. The molecule has 0 saturated carbocycles. The highest BCUT2D eigenvalue weighted by Gasteiger charge is 2.26. The van der Waals surface area contributed by atoms with E-state index in [4.69, 9.17) is 0 Å². The zero-order valence-electron chi connectivity index (χ0n) is 16.0. The van der Waals surface area contributed by atoms with E-state index in [0.29, 0.717) is 26.2 Å². The number of hydrogen-bond acceptors (Lipinski definition) is 2. The second-order valence-electron chi connectivity index (χ2n) is 7.22. The van der Waals surface area contributed by atoms with Crippen LogP contribution in [0, 0.1) is 27.7 Å². The maximum atomic E-state index is 12.8. The summed E-state index contributed by atoms with van der Waals surface area (Å²) in [5.74, 6) is 0.113. The minimum Gasteiger partial charge on any atom is -0.335 e. The van der Waals surface area contributed by atoms with Gasteiger partial charge >= 0.3 is 0 Å². The van der Waals surface area contributed by atoms with E-state index in [-0.39, 0.29) is 11.8 Å². The van der Waals surface area contributed by atoms with E-state index >= 15 is 0 Å². The lowest BCUT2D eigenvalue weighted by atomic mass is 10.0. The topological polar surface area (TPSA) is 40.6 Å². The Morgan fingerprint density at radius 3 is 1.31 bits per heavy atom. The average molecular weight is 350 g/mol. The molecule has 0 spiro atoms. The Hall–Kier alpha value is -2.62. The third kappa shape index (κ3) is 3.64. The third-order valence-electron chi connectivity index (χ3n) is 5.08. The molecule has 1 fully saturated rings. The molecule has 2 aromatic rings. The first kappa shape index (κ1) is 18.2. The average Bonchev–Trinajstić information content (AvgIpc) is 2.61. The van der Waals surface area contributed by atoms with Gasteiger partial charge in [0.2, 0.25) is 0 Å². The molecule has 4 nitrogen and oxygen atoms in total. The first-order valence-electron chi connectivity index (χ1n) is 9.10. The van der Waals surface area contributed by atoms with Gasteiger partial charge in [0.1, 0.15) is 0 Å². The predicted octanol–water partition coefficient (Wildman–Crippen LogP) is 3.52. The summed E-state index contributed by atoms with van der Waals surface area (Å²) < 4.78 is 0. The van der Waals surface area contributed by atoms with Crippen molar-refractivity contribution in [3.05, 3.63) is 69.8 Å². The number of aryl methyl sites for hydroxylation is 4. The predicted molar refractivity (Wildman–Crippen MR) is 104 cm³/mol. The van der Waals surface area contributed by atoms with Gasteiger partial charge < -0.3 is 9.80 Å². The van der Waals surface area contributed by atoms with Crippen molar-refractivity contribution in [2.24, 2.45) is 0 Å². The van der Waals surface area contributed by atoms with Crippen LogP contribution in [0.4, 0.5) is 0 Å². The van der Waals surface area contributed by atoms with Gasteiger partial charge in [-0.25, -0.2) is 0 Å². The highest BCUT2D eigenvalue weighted by Crippen LogP contribution is 2.17. The van der Waals surface area contributed by atoms with E-state index in [1.807, 2.05) is 73.9 Å². The van der Waals surface area contributed by atoms with Crippen LogP contribution in [0.2, 0.25) is 0 Å². The van der Waals surface area contributed by atoms with Crippen molar-refractivity contribution in [3.8, 4) is 0 Å². The SMILES string of the molecule is Cc1ccc(C(=O)N2CCN(C(=O)c3ccc(C)cc3C)CC2)c(C)c1. The van der Waals surface area contributed by atoms with Gasteiger partial charge in [-0.1, -0.05) is 35.4 Å². The highest BCUT2D eigenvalue weighted by molar-refractivity contribution is 5.97. The molecule has 0 unspecified atom stereocenters. The number of hydrogen-bond donors (Lipinski definition) is 0. The standard InChI is InChI=1S/C22H26N2O2/c1-15-5-7-19(17(3)13-15)21(25)23-9-11-24(12-10-23)22(26)20-8-6-16(2)14-18(20)4/h5-8,13-14H,9-12H2,1-4H3. The number of carbonyl (C=O) groups excluding carboxylic acids is 2. The summed E-state index contributed by atoms with van der Waals surface area (Å²) in [4.78, 5) is 29.3. The molecule has 0 aromatic heterocycles. The maximum Gasteiger partial charge on any atom is 0.254 e. The number of rotatable bonds is 2. The first-order valence-corrected chi connectivity index (χ1v) is 9.10. The molecule has 0 N–H and O–H groups in total. The maximum absolute atomic E-state index is 12.8. The number of carbonyl (C=O) groups is 2. The smallest absolute Gasteiger partial charge is 0.254 e. The minimum absolute atomic E-state index is 0.0566. The summed E-state index contributed by atoms with van der Waals surface area (Å²) in [6.07, 6.45) is 0. The number of piperazine rings is 1. The molecule has 0 atom stereocenters. The van der Waals surface area contributed by atoms with Gasteiger partial charge in [0.25, 0.3) is 11.8 Å². The van der Waals surface area contributed by atoms with Crippen LogP contribution in [0.15, 0.2) is 36.4 Å². The van der Waals surface area contributed by atoms with Crippen molar-refractivity contribution < 1.29 is 9.59 Å². The number of benzene rings is 2. The monoisotopic (exact) mass is 350 g/mol. The summed E-state index contributed by atoms with van der Waals surface area (Å²) in [5.41, 5.74) is 5.83. The van der Waals surface area contributed by atoms with Crippen LogP contribution < -0.4 is 0 Å². The molecular formula is C22H26N2O2. The van der Waals surface area contributed by atoms with Crippen molar-refractivity contribution in [2.75, 3.05) is 26.2 Å². The molecule has 0 radical (unpaired) electrons. The summed E-state index contributed by atoms with van der Waals surface area (Å²) in [6, 6.07) is 11.8. The third-order valence-corrected chi connectivity index (χ3v) is 5.08. The summed E-state index contributed by atoms with van der Waals surface area (Å²) >= 11 is 0. The minimum atomic E-state index is 0.0566. The summed E-state index contributed by atoms with van der Waals surface area (Å²) in [7, 11) is 0. The van der Waals surface area contributed by atoms with Crippen molar-refractivity contribution in [2.45, 2.75) is 27.7 Å². The van der Waals surface area contributed by atoms with Crippen molar-refractivity contribution in [3.63, 3.8) is 0 Å². The summed E-state index contributed by atoms with van der Waals surface area (Å²) in [6.45, 7) is 10.3. The molecule has 3 rings (SSSR count). The van der Waals surface area contributed by atoms with Crippen LogP contribution in [0.3, 0.4) is 0 Å². The van der Waals surface area contributed by atoms with E-state index in [1.165, 1.54) is 0 Å². The van der Waals surface area contributed by atoms with E-state index in [0.717, 1.165) is 33.4 Å². The van der Waals surface area contributed by atoms with Gasteiger partial charge in [-0.3, -0.25) is 9.59 Å². The molecular weight excluding hydrogens is 324 g/mol. The van der Waals surface area contributed by atoms with Gasteiger partial charge in [0.05, 0.1) is 0 Å². The quantitative estimate of drug-likeness (QED) is 0.831. The normalized spacial score (nSPS) is 14.5. The molecule has 1 saturated heterocycles. The Bertz CT molecular complexity index is 778. The Morgan fingerprint density at radius 1 is 0.654 bits per heavy atom. The largest absolute Gasteiger partial charge is 0.335 e. The van der Waals surface area contributed by atoms with Crippen molar-refractivity contribution >= 4 is 11.8 Å². The number of nitrogens with zero attached hydrogens (tertiary/aromatic N) is 2. The first-order chi connectivity index (χ1) is 12.4. The molecule has 1 aliphatic rings. The van der Waals surface area contributed by atoms with Crippen LogP contribution in [0.1, 0.15) is 43.0 Å². The molecule has 1 aliphatic heterocycles. The molecule has 0 bridgehead atoms. The lowest BCUT2D eigenvalue weighted by Gasteiger charge is -2.35.